The summed E-state index contributed by atoms with van der Waals surface area (Å²) in [5.41, 5.74) is 8.43. The van der Waals surface area contributed by atoms with Crippen LogP contribution in [0.15, 0.2) is 142 Å². The van der Waals surface area contributed by atoms with Crippen molar-refractivity contribution < 1.29 is 0 Å². The van der Waals surface area contributed by atoms with Crippen molar-refractivity contribution >= 4 is 28.4 Å². The van der Waals surface area contributed by atoms with Gasteiger partial charge in [-0.25, -0.2) is 0 Å². The molecule has 0 saturated heterocycles. The van der Waals surface area contributed by atoms with Crippen LogP contribution in [0.4, 0.5) is 5.69 Å². The van der Waals surface area contributed by atoms with Gasteiger partial charge in [0.15, 0.2) is 0 Å². The predicted molar refractivity (Wildman–Crippen MR) is 196 cm³/mol. The molecule has 0 N–H and O–H groups in total. The van der Waals surface area contributed by atoms with Crippen LogP contribution in [0.3, 0.4) is 0 Å². The van der Waals surface area contributed by atoms with E-state index in [1.165, 1.54) is 55.2 Å². The van der Waals surface area contributed by atoms with Crippen LogP contribution in [0.5, 0.6) is 0 Å². The molecule has 45 heavy (non-hydrogen) atoms. The van der Waals surface area contributed by atoms with E-state index >= 15 is 0 Å². The lowest BCUT2D eigenvalue weighted by molar-refractivity contribution is 0.411. The van der Waals surface area contributed by atoms with Crippen molar-refractivity contribution in [2.45, 2.75) is 77.2 Å². The molecule has 2 heterocycles. The number of para-hydroxylation sites is 2. The second kappa shape index (κ2) is 13.7. The molecule has 1 aliphatic carbocycles. The van der Waals surface area contributed by atoms with Crippen LogP contribution < -0.4 is 4.90 Å². The average Bonchev–Trinajstić information content (AvgIpc) is 3.55. The summed E-state index contributed by atoms with van der Waals surface area (Å²) in [5.74, 6) is 1.00. The fourth-order valence-corrected chi connectivity index (χ4v) is 8.14. The van der Waals surface area contributed by atoms with E-state index in [1.807, 2.05) is 11.8 Å². The van der Waals surface area contributed by atoms with Gasteiger partial charge in [0.25, 0.3) is 0 Å². The Labute approximate surface area is 275 Å². The molecule has 0 radical (unpaired) electrons. The number of nitrogens with zero attached hydrogens (tertiary/aromatic N) is 2. The lowest BCUT2D eigenvalue weighted by atomic mass is 9.83. The van der Waals surface area contributed by atoms with Gasteiger partial charge in [0.2, 0.25) is 0 Å². The smallest absolute Gasteiger partial charge is 0.0480 e. The molecule has 0 saturated carbocycles. The van der Waals surface area contributed by atoms with Gasteiger partial charge in [-0.1, -0.05) is 119 Å². The predicted octanol–water partition coefficient (Wildman–Crippen LogP) is 11.7. The molecular weight excluding hydrogens is 565 g/mol. The van der Waals surface area contributed by atoms with Crippen LogP contribution >= 0.6 is 11.8 Å². The SMILES string of the molecule is CCCN1C(=CC=C2CCCC(C=CC(Cn3ccc4ccccc43)C(C)C)=C2Sc2ccccc2)C(C)(C)c2ccccc21. The number of benzene rings is 3. The maximum atomic E-state index is 2.56. The molecule has 4 aromatic rings. The molecule has 1 aliphatic heterocycles. The normalized spacial score (nSPS) is 19.0. The summed E-state index contributed by atoms with van der Waals surface area (Å²) in [5, 5.41) is 1.32. The maximum Gasteiger partial charge on any atom is 0.0480 e. The maximum absolute atomic E-state index is 2.56. The molecule has 2 nitrogen and oxygen atoms in total. The van der Waals surface area contributed by atoms with Gasteiger partial charge in [-0.05, 0) is 96.0 Å². The number of anilines is 1. The van der Waals surface area contributed by atoms with Crippen LogP contribution in [-0.2, 0) is 12.0 Å². The second-order valence-corrected chi connectivity index (χ2v) is 14.5. The van der Waals surface area contributed by atoms with Crippen molar-refractivity contribution in [2.24, 2.45) is 11.8 Å². The largest absolute Gasteiger partial charge is 0.347 e. The van der Waals surface area contributed by atoms with E-state index in [9.17, 15) is 0 Å². The molecule has 2 aliphatic rings. The van der Waals surface area contributed by atoms with Crippen molar-refractivity contribution in [1.29, 1.82) is 0 Å². The number of rotatable bonds is 10. The molecule has 0 spiro atoms. The van der Waals surface area contributed by atoms with Gasteiger partial charge in [-0.2, -0.15) is 0 Å². The van der Waals surface area contributed by atoms with Crippen LogP contribution in [0.1, 0.15) is 65.9 Å². The van der Waals surface area contributed by atoms with Crippen LogP contribution in [0, 0.1) is 11.8 Å². The summed E-state index contributed by atoms with van der Waals surface area (Å²) >= 11 is 1.94. The van der Waals surface area contributed by atoms with E-state index in [1.54, 1.807) is 0 Å². The first-order valence-electron chi connectivity index (χ1n) is 16.8. The first-order chi connectivity index (χ1) is 21.9. The van der Waals surface area contributed by atoms with E-state index in [0.29, 0.717) is 11.8 Å². The monoisotopic (exact) mass is 612 g/mol. The first-order valence-corrected chi connectivity index (χ1v) is 17.7. The van der Waals surface area contributed by atoms with E-state index in [-0.39, 0.29) is 5.41 Å². The minimum atomic E-state index is -0.0240. The fourth-order valence-electron chi connectivity index (χ4n) is 7.00. The third-order valence-electron chi connectivity index (χ3n) is 9.62. The third kappa shape index (κ3) is 6.65. The minimum absolute atomic E-state index is 0.0240. The van der Waals surface area contributed by atoms with Gasteiger partial charge >= 0.3 is 0 Å². The molecule has 232 valence electrons. The number of aromatic nitrogens is 1. The van der Waals surface area contributed by atoms with Crippen LogP contribution in [0.25, 0.3) is 10.9 Å². The van der Waals surface area contributed by atoms with Gasteiger partial charge in [0.1, 0.15) is 0 Å². The summed E-state index contributed by atoms with van der Waals surface area (Å²) in [6.45, 7) is 13.8. The molecule has 0 bridgehead atoms. The van der Waals surface area contributed by atoms with Crippen molar-refractivity contribution in [3.63, 3.8) is 0 Å². The van der Waals surface area contributed by atoms with Crippen LogP contribution in [-0.4, -0.2) is 11.1 Å². The number of hydrogen-bond acceptors (Lipinski definition) is 2. The number of thioether (sulfide) groups is 1. The molecular formula is C42H48N2S. The van der Waals surface area contributed by atoms with Gasteiger partial charge in [0.05, 0.1) is 0 Å². The van der Waals surface area contributed by atoms with Crippen molar-refractivity contribution in [3.8, 4) is 0 Å². The van der Waals surface area contributed by atoms with Gasteiger partial charge < -0.3 is 9.47 Å². The molecule has 6 rings (SSSR count). The highest BCUT2D eigenvalue weighted by Crippen LogP contribution is 2.48. The van der Waals surface area contributed by atoms with Gasteiger partial charge in [-0.3, -0.25) is 0 Å². The molecule has 3 aromatic carbocycles. The Balaban J connectivity index is 1.37. The zero-order valence-electron chi connectivity index (χ0n) is 27.7. The summed E-state index contributed by atoms with van der Waals surface area (Å²) in [4.78, 5) is 5.30. The third-order valence-corrected chi connectivity index (χ3v) is 10.9. The molecule has 0 amide bonds. The topological polar surface area (TPSA) is 8.17 Å². The number of fused-ring (bicyclic) bond motifs is 2. The molecule has 0 fully saturated rings. The highest BCUT2D eigenvalue weighted by atomic mass is 32.2. The van der Waals surface area contributed by atoms with Crippen LogP contribution in [0.2, 0.25) is 0 Å². The fraction of sp³-hybridized carbons (Fsp3) is 0.333. The molecule has 1 atom stereocenters. The molecule has 1 unspecified atom stereocenters. The standard InChI is InChI=1S/C42H48N2S/c1-6-28-44-39-22-13-11-20-37(39)42(4,5)40(44)26-25-34-17-14-16-33(41(34)45-36-18-8-7-9-19-36)23-24-35(31(2)3)30-43-29-27-32-15-10-12-21-38(32)43/h7-13,15,18-27,29,31,35H,6,14,16-17,28,30H2,1-5H3. The zero-order chi connectivity index (χ0) is 31.4. The highest BCUT2D eigenvalue weighted by molar-refractivity contribution is 8.03. The van der Waals surface area contributed by atoms with E-state index < -0.39 is 0 Å². The summed E-state index contributed by atoms with van der Waals surface area (Å²) in [7, 11) is 0. The Morgan fingerprint density at radius 3 is 2.42 bits per heavy atom. The Bertz CT molecular complexity index is 1750. The lowest BCUT2D eigenvalue weighted by Crippen LogP contribution is -2.26. The Morgan fingerprint density at radius 1 is 0.867 bits per heavy atom. The Kier molecular flexibility index (Phi) is 9.56. The molecule has 1 aromatic heterocycles. The first kappa shape index (κ1) is 31.3. The quantitative estimate of drug-likeness (QED) is 0.176. The van der Waals surface area contributed by atoms with E-state index in [4.69, 9.17) is 0 Å². The van der Waals surface area contributed by atoms with Crippen molar-refractivity contribution in [3.05, 3.63) is 143 Å². The Morgan fingerprint density at radius 2 is 1.62 bits per heavy atom. The second-order valence-electron chi connectivity index (χ2n) is 13.5. The van der Waals surface area contributed by atoms with Gasteiger partial charge in [0, 0.05) is 51.4 Å². The van der Waals surface area contributed by atoms with E-state index in [2.05, 4.69) is 160 Å². The van der Waals surface area contributed by atoms with Crippen molar-refractivity contribution in [1.82, 2.24) is 4.57 Å². The highest BCUT2D eigenvalue weighted by Gasteiger charge is 2.39. The zero-order valence-corrected chi connectivity index (χ0v) is 28.5. The summed E-state index contributed by atoms with van der Waals surface area (Å²) in [6, 6.07) is 30.9. The molecule has 3 heteroatoms. The van der Waals surface area contributed by atoms with Gasteiger partial charge in [-0.15, -0.1) is 0 Å². The lowest BCUT2D eigenvalue weighted by Gasteiger charge is -2.27. The summed E-state index contributed by atoms with van der Waals surface area (Å²) in [6.07, 6.45) is 16.7. The number of hydrogen-bond donors (Lipinski definition) is 0. The average molecular weight is 613 g/mol. The Hall–Kier alpha value is -3.69. The summed E-state index contributed by atoms with van der Waals surface area (Å²) < 4.78 is 2.43. The number of allylic oxidation sites excluding steroid dienone is 7. The van der Waals surface area contributed by atoms with E-state index in [0.717, 1.165) is 32.4 Å². The minimum Gasteiger partial charge on any atom is -0.347 e. The van der Waals surface area contributed by atoms with Crippen molar-refractivity contribution in [2.75, 3.05) is 11.4 Å².